The number of ketones is 1. The van der Waals surface area contributed by atoms with E-state index in [1.54, 1.807) is 79.7 Å². The van der Waals surface area contributed by atoms with Gasteiger partial charge in [-0.05, 0) is 72.3 Å². The Morgan fingerprint density at radius 2 is 1.70 bits per heavy atom. The van der Waals surface area contributed by atoms with Crippen molar-refractivity contribution in [2.45, 2.75) is 0 Å². The summed E-state index contributed by atoms with van der Waals surface area (Å²) < 4.78 is 24.7. The van der Waals surface area contributed by atoms with E-state index in [-0.39, 0.29) is 23.6 Å². The molecule has 0 aliphatic rings. The SMILES string of the molecule is COc1cc(/C=C/C(=O)c2ccc(Cl)cc2)ccc1Oc1nc(Nc2ccc(F)cc2)nc(N(C)C)n1. The van der Waals surface area contributed by atoms with E-state index in [0.29, 0.717) is 33.7 Å². The molecule has 4 rings (SSSR count). The van der Waals surface area contributed by atoms with Gasteiger partial charge in [-0.15, -0.1) is 0 Å². The average Bonchev–Trinajstić information content (AvgIpc) is 2.89. The maximum absolute atomic E-state index is 13.2. The number of halogens is 2. The van der Waals surface area contributed by atoms with Crippen LogP contribution >= 0.6 is 11.6 Å². The van der Waals surface area contributed by atoms with Crippen LogP contribution < -0.4 is 19.7 Å². The first kappa shape index (κ1) is 25.6. The molecule has 0 unspecified atom stereocenters. The fourth-order valence-corrected chi connectivity index (χ4v) is 3.29. The minimum absolute atomic E-state index is 0.0304. The van der Waals surface area contributed by atoms with Gasteiger partial charge in [0, 0.05) is 30.4 Å². The van der Waals surface area contributed by atoms with Gasteiger partial charge in [-0.2, -0.15) is 15.0 Å². The Kier molecular flexibility index (Phi) is 7.95. The first-order valence-electron chi connectivity index (χ1n) is 11.1. The molecule has 0 aliphatic carbocycles. The Morgan fingerprint density at radius 1 is 0.973 bits per heavy atom. The Morgan fingerprint density at radius 3 is 2.38 bits per heavy atom. The van der Waals surface area contributed by atoms with Crippen LogP contribution in [0.2, 0.25) is 5.02 Å². The first-order valence-corrected chi connectivity index (χ1v) is 11.5. The highest BCUT2D eigenvalue weighted by Crippen LogP contribution is 2.32. The lowest BCUT2D eigenvalue weighted by Gasteiger charge is -2.15. The maximum atomic E-state index is 13.2. The molecule has 0 fully saturated rings. The molecule has 0 atom stereocenters. The van der Waals surface area contributed by atoms with Gasteiger partial charge in [0.1, 0.15) is 5.82 Å². The molecule has 188 valence electrons. The van der Waals surface area contributed by atoms with E-state index in [4.69, 9.17) is 21.1 Å². The van der Waals surface area contributed by atoms with Crippen molar-refractivity contribution in [3.05, 3.63) is 94.8 Å². The second-order valence-electron chi connectivity index (χ2n) is 7.98. The molecule has 4 aromatic rings. The average molecular weight is 520 g/mol. The third kappa shape index (κ3) is 6.80. The predicted molar refractivity (Wildman–Crippen MR) is 142 cm³/mol. The zero-order chi connectivity index (χ0) is 26.4. The molecule has 0 radical (unpaired) electrons. The predicted octanol–water partition coefficient (Wildman–Crippen LogP) is 6.17. The van der Waals surface area contributed by atoms with Crippen LogP contribution in [0, 0.1) is 5.82 Å². The van der Waals surface area contributed by atoms with Crippen molar-refractivity contribution in [1.82, 2.24) is 15.0 Å². The lowest BCUT2D eigenvalue weighted by Crippen LogP contribution is -2.15. The number of carbonyl (C=O) groups is 1. The summed E-state index contributed by atoms with van der Waals surface area (Å²) in [5.74, 6) is 0.860. The van der Waals surface area contributed by atoms with Gasteiger partial charge in [0.05, 0.1) is 7.11 Å². The minimum atomic E-state index is -0.348. The van der Waals surface area contributed by atoms with Crippen molar-refractivity contribution in [1.29, 1.82) is 0 Å². The summed E-state index contributed by atoms with van der Waals surface area (Å²) in [5, 5.41) is 3.58. The summed E-state index contributed by atoms with van der Waals surface area (Å²) in [6, 6.07) is 17.7. The molecule has 0 bridgehead atoms. The first-order chi connectivity index (χ1) is 17.8. The van der Waals surface area contributed by atoms with E-state index >= 15 is 0 Å². The van der Waals surface area contributed by atoms with Gasteiger partial charge < -0.3 is 19.7 Å². The van der Waals surface area contributed by atoms with Crippen LogP contribution in [0.5, 0.6) is 17.5 Å². The van der Waals surface area contributed by atoms with Gasteiger partial charge in [0.15, 0.2) is 17.3 Å². The quantitative estimate of drug-likeness (QED) is 0.207. The summed E-state index contributed by atoms with van der Waals surface area (Å²) in [5.41, 5.74) is 1.86. The van der Waals surface area contributed by atoms with Gasteiger partial charge in [-0.25, -0.2) is 4.39 Å². The number of nitrogens with zero attached hydrogens (tertiary/aromatic N) is 4. The van der Waals surface area contributed by atoms with Gasteiger partial charge in [0.25, 0.3) is 0 Å². The number of hydrogen-bond acceptors (Lipinski definition) is 8. The maximum Gasteiger partial charge on any atom is 0.328 e. The van der Waals surface area contributed by atoms with Crippen molar-refractivity contribution < 1.29 is 18.7 Å². The van der Waals surface area contributed by atoms with Crippen LogP contribution in [-0.2, 0) is 0 Å². The molecule has 0 amide bonds. The van der Waals surface area contributed by atoms with Crippen LogP contribution in [0.3, 0.4) is 0 Å². The summed E-state index contributed by atoms with van der Waals surface area (Å²) in [6.07, 6.45) is 3.16. The van der Waals surface area contributed by atoms with Gasteiger partial charge in [-0.3, -0.25) is 4.79 Å². The Bertz CT molecular complexity index is 1430. The molecule has 1 aromatic heterocycles. The number of rotatable bonds is 9. The number of aromatic nitrogens is 3. The van der Waals surface area contributed by atoms with Crippen molar-refractivity contribution in [3.63, 3.8) is 0 Å². The number of nitrogens with one attached hydrogen (secondary N) is 1. The number of hydrogen-bond donors (Lipinski definition) is 1. The zero-order valence-corrected chi connectivity index (χ0v) is 21.0. The number of allylic oxidation sites excluding steroid dienone is 1. The van der Waals surface area contributed by atoms with E-state index in [1.165, 1.54) is 25.3 Å². The molecule has 0 saturated carbocycles. The second-order valence-corrected chi connectivity index (χ2v) is 8.42. The molecular formula is C27H23ClFN5O3. The third-order valence-corrected chi connectivity index (χ3v) is 5.30. The highest BCUT2D eigenvalue weighted by atomic mass is 35.5. The van der Waals surface area contributed by atoms with Crippen LogP contribution in [0.25, 0.3) is 6.08 Å². The van der Waals surface area contributed by atoms with Crippen molar-refractivity contribution in [3.8, 4) is 17.5 Å². The highest BCUT2D eigenvalue weighted by Gasteiger charge is 2.14. The van der Waals surface area contributed by atoms with Crippen LogP contribution in [0.4, 0.5) is 22.0 Å². The summed E-state index contributed by atoms with van der Waals surface area (Å²) in [6.45, 7) is 0. The fraction of sp³-hybridized carbons (Fsp3) is 0.111. The van der Waals surface area contributed by atoms with E-state index < -0.39 is 0 Å². The topological polar surface area (TPSA) is 89.5 Å². The molecular weight excluding hydrogens is 497 g/mol. The summed E-state index contributed by atoms with van der Waals surface area (Å²) >= 11 is 5.88. The normalized spacial score (nSPS) is 10.8. The Hall–Kier alpha value is -4.50. The lowest BCUT2D eigenvalue weighted by molar-refractivity contribution is 0.104. The van der Waals surface area contributed by atoms with E-state index in [0.717, 1.165) is 5.56 Å². The van der Waals surface area contributed by atoms with E-state index in [2.05, 4.69) is 20.3 Å². The van der Waals surface area contributed by atoms with Crippen molar-refractivity contribution >= 4 is 41.0 Å². The summed E-state index contributed by atoms with van der Waals surface area (Å²) in [7, 11) is 5.08. The largest absolute Gasteiger partial charge is 0.493 e. The van der Waals surface area contributed by atoms with Crippen LogP contribution in [0.1, 0.15) is 15.9 Å². The molecule has 1 N–H and O–H groups in total. The van der Waals surface area contributed by atoms with Gasteiger partial charge >= 0.3 is 6.01 Å². The third-order valence-electron chi connectivity index (χ3n) is 5.05. The standard InChI is InChI=1S/C27H23ClFN5O3/c1-34(2)26-31-25(30-21-12-10-20(29)11-13-21)32-27(33-26)37-23-15-5-17(16-24(23)36-3)4-14-22(35)18-6-8-19(28)9-7-18/h4-16H,1-3H3,(H,30,31,32,33)/b14-4+. The number of carbonyl (C=O) groups excluding carboxylic acids is 1. The monoisotopic (exact) mass is 519 g/mol. The summed E-state index contributed by atoms with van der Waals surface area (Å²) in [4.78, 5) is 27.1. The number of anilines is 3. The van der Waals surface area contributed by atoms with Gasteiger partial charge in [-0.1, -0.05) is 23.7 Å². The lowest BCUT2D eigenvalue weighted by atomic mass is 10.1. The Balaban J connectivity index is 1.55. The van der Waals surface area contributed by atoms with Crippen molar-refractivity contribution in [2.75, 3.05) is 31.4 Å². The molecule has 1 heterocycles. The van der Waals surface area contributed by atoms with Crippen molar-refractivity contribution in [2.24, 2.45) is 0 Å². The fourth-order valence-electron chi connectivity index (χ4n) is 3.16. The smallest absolute Gasteiger partial charge is 0.328 e. The Labute approximate surface area is 218 Å². The second kappa shape index (κ2) is 11.5. The molecule has 10 heteroatoms. The number of ether oxygens (including phenoxy) is 2. The molecule has 0 saturated heterocycles. The number of methoxy groups -OCH3 is 1. The zero-order valence-electron chi connectivity index (χ0n) is 20.3. The molecule has 0 aliphatic heterocycles. The molecule has 37 heavy (non-hydrogen) atoms. The molecule has 0 spiro atoms. The highest BCUT2D eigenvalue weighted by molar-refractivity contribution is 6.30. The molecule has 3 aromatic carbocycles. The van der Waals surface area contributed by atoms with E-state index in [9.17, 15) is 9.18 Å². The van der Waals surface area contributed by atoms with Crippen LogP contribution in [-0.4, -0.2) is 41.9 Å². The minimum Gasteiger partial charge on any atom is -0.493 e. The number of benzene rings is 3. The molecule has 8 nitrogen and oxygen atoms in total. The van der Waals surface area contributed by atoms with Crippen LogP contribution in [0.15, 0.2) is 72.8 Å². The van der Waals surface area contributed by atoms with E-state index in [1.807, 2.05) is 0 Å². The van der Waals surface area contributed by atoms with Gasteiger partial charge in [0.2, 0.25) is 11.9 Å².